The molecule has 3 rings (SSSR count). The van der Waals surface area contributed by atoms with E-state index in [2.05, 4.69) is 15.3 Å². The van der Waals surface area contributed by atoms with E-state index in [0.29, 0.717) is 5.89 Å². The van der Waals surface area contributed by atoms with Crippen molar-refractivity contribution in [3.63, 3.8) is 0 Å². The van der Waals surface area contributed by atoms with Gasteiger partial charge in [-0.2, -0.15) is 0 Å². The number of oxazole rings is 1. The number of hydrogen-bond donors (Lipinski definition) is 1. The molecule has 0 aliphatic heterocycles. The maximum absolute atomic E-state index is 12.9. The van der Waals surface area contributed by atoms with Crippen LogP contribution in [0.15, 0.2) is 40.9 Å². The normalized spacial score (nSPS) is 12.6. The van der Waals surface area contributed by atoms with E-state index in [0.717, 1.165) is 22.5 Å². The Kier molecular flexibility index (Phi) is 3.10. The first-order valence-corrected chi connectivity index (χ1v) is 6.37. The van der Waals surface area contributed by atoms with E-state index >= 15 is 0 Å². The molecule has 0 bridgehead atoms. The molecule has 0 aliphatic carbocycles. The van der Waals surface area contributed by atoms with Crippen LogP contribution in [-0.2, 0) is 0 Å². The van der Waals surface area contributed by atoms with Crippen LogP contribution >= 0.6 is 0 Å². The van der Waals surface area contributed by atoms with Gasteiger partial charge in [0.2, 0.25) is 0 Å². The van der Waals surface area contributed by atoms with Crippen molar-refractivity contribution in [3.05, 3.63) is 53.9 Å². The third-order valence-corrected chi connectivity index (χ3v) is 3.07. The Balaban J connectivity index is 1.82. The number of aromatic nitrogens is 2. The van der Waals surface area contributed by atoms with Crippen LogP contribution in [-0.4, -0.2) is 9.97 Å². The monoisotopic (exact) mass is 271 g/mol. The molecule has 0 spiro atoms. The van der Waals surface area contributed by atoms with Crippen LogP contribution in [0.2, 0.25) is 0 Å². The standard InChI is InChI=1S/C15H14FN3O/c1-9(13-5-3-11(16)8-17-13)18-12-4-6-15-14(7-12)19-10(2)20-15/h3-9,18H,1-2H3. The van der Waals surface area contributed by atoms with Crippen molar-refractivity contribution in [2.75, 3.05) is 5.32 Å². The highest BCUT2D eigenvalue weighted by Gasteiger charge is 2.09. The molecule has 0 amide bonds. The van der Waals surface area contributed by atoms with Gasteiger partial charge in [0.15, 0.2) is 11.5 Å². The first-order valence-electron chi connectivity index (χ1n) is 6.37. The predicted molar refractivity (Wildman–Crippen MR) is 75.0 cm³/mol. The van der Waals surface area contributed by atoms with Crippen LogP contribution in [0.4, 0.5) is 10.1 Å². The quantitative estimate of drug-likeness (QED) is 0.786. The molecule has 0 saturated carbocycles. The average molecular weight is 271 g/mol. The molecule has 102 valence electrons. The molecule has 0 fully saturated rings. The van der Waals surface area contributed by atoms with Gasteiger partial charge >= 0.3 is 0 Å². The molecule has 2 aromatic heterocycles. The molecule has 1 unspecified atom stereocenters. The Morgan fingerprint density at radius 3 is 2.85 bits per heavy atom. The van der Waals surface area contributed by atoms with Crippen LogP contribution in [0.25, 0.3) is 11.1 Å². The number of benzene rings is 1. The fourth-order valence-corrected chi connectivity index (χ4v) is 2.10. The summed E-state index contributed by atoms with van der Waals surface area (Å²) in [5.41, 5.74) is 3.28. The van der Waals surface area contributed by atoms with Crippen molar-refractivity contribution in [1.82, 2.24) is 9.97 Å². The van der Waals surface area contributed by atoms with Crippen molar-refractivity contribution in [2.24, 2.45) is 0 Å². The summed E-state index contributed by atoms with van der Waals surface area (Å²) >= 11 is 0. The summed E-state index contributed by atoms with van der Waals surface area (Å²) in [6, 6.07) is 8.78. The second kappa shape index (κ2) is 4.92. The molecule has 1 aromatic carbocycles. The molecule has 1 N–H and O–H groups in total. The topological polar surface area (TPSA) is 51.0 Å². The highest BCUT2D eigenvalue weighted by atomic mass is 19.1. The number of nitrogens with one attached hydrogen (secondary N) is 1. The first-order chi connectivity index (χ1) is 9.61. The van der Waals surface area contributed by atoms with Gasteiger partial charge in [-0.3, -0.25) is 4.98 Å². The molecule has 2 heterocycles. The Morgan fingerprint density at radius 1 is 1.25 bits per heavy atom. The van der Waals surface area contributed by atoms with Crippen LogP contribution in [0.3, 0.4) is 0 Å². The van der Waals surface area contributed by atoms with Crippen molar-refractivity contribution >= 4 is 16.8 Å². The smallest absolute Gasteiger partial charge is 0.192 e. The van der Waals surface area contributed by atoms with Crippen molar-refractivity contribution in [1.29, 1.82) is 0 Å². The zero-order chi connectivity index (χ0) is 14.1. The Labute approximate surface area is 115 Å². The third-order valence-electron chi connectivity index (χ3n) is 3.07. The van der Waals surface area contributed by atoms with E-state index in [1.54, 1.807) is 6.07 Å². The maximum atomic E-state index is 12.9. The lowest BCUT2D eigenvalue weighted by molar-refractivity contribution is 0.561. The number of rotatable bonds is 3. The third kappa shape index (κ3) is 2.47. The number of fused-ring (bicyclic) bond motifs is 1. The fourth-order valence-electron chi connectivity index (χ4n) is 2.10. The molecule has 0 radical (unpaired) electrons. The molecule has 4 nitrogen and oxygen atoms in total. The van der Waals surface area contributed by atoms with E-state index in [1.165, 1.54) is 12.3 Å². The minimum absolute atomic E-state index is 0.0268. The minimum atomic E-state index is -0.333. The first kappa shape index (κ1) is 12.6. The lowest BCUT2D eigenvalue weighted by Gasteiger charge is -2.14. The highest BCUT2D eigenvalue weighted by Crippen LogP contribution is 2.23. The second-order valence-electron chi connectivity index (χ2n) is 4.68. The van der Waals surface area contributed by atoms with Crippen LogP contribution in [0.5, 0.6) is 0 Å². The zero-order valence-electron chi connectivity index (χ0n) is 11.2. The minimum Gasteiger partial charge on any atom is -0.441 e. The van der Waals surface area contributed by atoms with Gasteiger partial charge in [0.1, 0.15) is 11.3 Å². The van der Waals surface area contributed by atoms with Crippen molar-refractivity contribution in [2.45, 2.75) is 19.9 Å². The van der Waals surface area contributed by atoms with Gasteiger partial charge < -0.3 is 9.73 Å². The van der Waals surface area contributed by atoms with Crippen LogP contribution in [0, 0.1) is 12.7 Å². The molecule has 1 atom stereocenters. The summed E-state index contributed by atoms with van der Waals surface area (Å²) in [7, 11) is 0. The van der Waals surface area contributed by atoms with Gasteiger partial charge in [0.05, 0.1) is 17.9 Å². The Hall–Kier alpha value is -2.43. The summed E-state index contributed by atoms with van der Waals surface area (Å²) in [6.07, 6.45) is 1.22. The second-order valence-corrected chi connectivity index (χ2v) is 4.68. The Bertz CT molecular complexity index is 736. The Morgan fingerprint density at radius 2 is 2.10 bits per heavy atom. The molecular weight excluding hydrogens is 257 g/mol. The van der Waals surface area contributed by atoms with E-state index in [-0.39, 0.29) is 11.9 Å². The van der Waals surface area contributed by atoms with Crippen molar-refractivity contribution in [3.8, 4) is 0 Å². The number of hydrogen-bond acceptors (Lipinski definition) is 4. The molecular formula is C15H14FN3O. The van der Waals surface area contributed by atoms with E-state index in [1.807, 2.05) is 32.0 Å². The van der Waals surface area contributed by atoms with Gasteiger partial charge in [-0.25, -0.2) is 9.37 Å². The number of anilines is 1. The average Bonchev–Trinajstić information content (AvgIpc) is 2.78. The molecule has 20 heavy (non-hydrogen) atoms. The van der Waals surface area contributed by atoms with Crippen LogP contribution < -0.4 is 5.32 Å². The van der Waals surface area contributed by atoms with Gasteiger partial charge in [0.25, 0.3) is 0 Å². The highest BCUT2D eigenvalue weighted by molar-refractivity contribution is 5.77. The van der Waals surface area contributed by atoms with Gasteiger partial charge in [0, 0.05) is 12.6 Å². The lowest BCUT2D eigenvalue weighted by Crippen LogP contribution is -2.08. The fraction of sp³-hybridized carbons (Fsp3) is 0.200. The number of aryl methyl sites for hydroxylation is 1. The zero-order valence-corrected chi connectivity index (χ0v) is 11.2. The SMILES string of the molecule is Cc1nc2cc(NC(C)c3ccc(F)cn3)ccc2o1. The van der Waals surface area contributed by atoms with E-state index in [4.69, 9.17) is 4.42 Å². The van der Waals surface area contributed by atoms with Gasteiger partial charge in [-0.15, -0.1) is 0 Å². The molecule has 0 saturated heterocycles. The number of pyridine rings is 1. The summed E-state index contributed by atoms with van der Waals surface area (Å²) in [6.45, 7) is 3.79. The molecule has 3 aromatic rings. The summed E-state index contributed by atoms with van der Waals surface area (Å²) in [5, 5.41) is 3.31. The van der Waals surface area contributed by atoms with Gasteiger partial charge in [-0.1, -0.05) is 0 Å². The molecule has 0 aliphatic rings. The number of nitrogens with zero attached hydrogens (tertiary/aromatic N) is 2. The van der Waals surface area contributed by atoms with Gasteiger partial charge in [-0.05, 0) is 37.3 Å². The van der Waals surface area contributed by atoms with E-state index in [9.17, 15) is 4.39 Å². The lowest BCUT2D eigenvalue weighted by atomic mass is 10.2. The molecule has 5 heteroatoms. The maximum Gasteiger partial charge on any atom is 0.192 e. The summed E-state index contributed by atoms with van der Waals surface area (Å²) < 4.78 is 18.3. The number of halogens is 1. The largest absolute Gasteiger partial charge is 0.441 e. The summed E-state index contributed by atoms with van der Waals surface area (Å²) in [4.78, 5) is 8.36. The summed E-state index contributed by atoms with van der Waals surface area (Å²) in [5.74, 6) is 0.311. The van der Waals surface area contributed by atoms with Crippen LogP contribution in [0.1, 0.15) is 24.6 Å². The predicted octanol–water partition coefficient (Wildman–Crippen LogP) is 3.84. The van der Waals surface area contributed by atoms with E-state index < -0.39 is 0 Å². The van der Waals surface area contributed by atoms with Crippen molar-refractivity contribution < 1.29 is 8.81 Å².